The highest BCUT2D eigenvalue weighted by atomic mass is 79.9. The van der Waals surface area contributed by atoms with E-state index in [9.17, 15) is 8.78 Å². The predicted octanol–water partition coefficient (Wildman–Crippen LogP) is 3.95. The highest BCUT2D eigenvalue weighted by Gasteiger charge is 2.29. The Kier molecular flexibility index (Phi) is 4.71. The third-order valence-electron chi connectivity index (χ3n) is 3.03. The third-order valence-corrected chi connectivity index (χ3v) is 3.49. The molecule has 16 heavy (non-hydrogen) atoms. The molecule has 0 bridgehead atoms. The van der Waals surface area contributed by atoms with Crippen molar-refractivity contribution in [3.63, 3.8) is 0 Å². The minimum atomic E-state index is -0.554. The zero-order valence-electron chi connectivity index (χ0n) is 8.55. The van der Waals surface area contributed by atoms with Crippen molar-refractivity contribution >= 4 is 28.3 Å². The van der Waals surface area contributed by atoms with E-state index >= 15 is 0 Å². The Balaban J connectivity index is 0.00000128. The Morgan fingerprint density at radius 2 is 1.75 bits per heavy atom. The summed E-state index contributed by atoms with van der Waals surface area (Å²) in [5.41, 5.74) is 5.89. The molecule has 90 valence electrons. The van der Waals surface area contributed by atoms with E-state index in [1.807, 2.05) is 0 Å². The van der Waals surface area contributed by atoms with Crippen molar-refractivity contribution in [1.29, 1.82) is 0 Å². The average Bonchev–Trinajstić information content (AvgIpc) is 1.97. The molecule has 0 spiro atoms. The van der Waals surface area contributed by atoms with Crippen molar-refractivity contribution in [3.05, 3.63) is 33.8 Å². The summed E-state index contributed by atoms with van der Waals surface area (Å²) in [4.78, 5) is 0. The molecule has 0 heterocycles. The minimum absolute atomic E-state index is 0. The van der Waals surface area contributed by atoms with E-state index in [0.29, 0.717) is 4.47 Å². The number of hydrogen-bond acceptors (Lipinski definition) is 1. The molecule has 2 N–H and O–H groups in total. The molecule has 1 aliphatic rings. The molecule has 1 aromatic rings. The number of benzene rings is 1. The average molecular weight is 313 g/mol. The quantitative estimate of drug-likeness (QED) is 0.879. The Morgan fingerprint density at radius 1 is 1.25 bits per heavy atom. The Hall–Kier alpha value is -0.190. The van der Waals surface area contributed by atoms with Gasteiger partial charge in [0.15, 0.2) is 0 Å². The SMILES string of the molecule is Cl.N[C@H](c1c(F)cc(Br)cc1F)C1CCC1. The van der Waals surface area contributed by atoms with Crippen molar-refractivity contribution in [3.8, 4) is 0 Å². The Morgan fingerprint density at radius 3 is 2.12 bits per heavy atom. The van der Waals surface area contributed by atoms with Crippen molar-refractivity contribution in [2.24, 2.45) is 11.7 Å². The van der Waals surface area contributed by atoms with E-state index in [-0.39, 0.29) is 23.9 Å². The second kappa shape index (κ2) is 5.43. The first-order valence-electron chi connectivity index (χ1n) is 4.99. The van der Waals surface area contributed by atoms with Gasteiger partial charge in [0, 0.05) is 16.1 Å². The zero-order valence-corrected chi connectivity index (χ0v) is 11.0. The highest BCUT2D eigenvalue weighted by molar-refractivity contribution is 9.10. The first-order chi connectivity index (χ1) is 7.09. The van der Waals surface area contributed by atoms with Gasteiger partial charge in [-0.05, 0) is 30.9 Å². The number of hydrogen-bond donors (Lipinski definition) is 1. The lowest BCUT2D eigenvalue weighted by molar-refractivity contribution is 0.256. The summed E-state index contributed by atoms with van der Waals surface area (Å²) in [5.74, 6) is -0.877. The Bertz CT molecular complexity index is 359. The lowest BCUT2D eigenvalue weighted by Gasteiger charge is -2.31. The highest BCUT2D eigenvalue weighted by Crippen LogP contribution is 2.38. The molecule has 0 saturated heterocycles. The van der Waals surface area contributed by atoms with Gasteiger partial charge < -0.3 is 5.73 Å². The van der Waals surface area contributed by atoms with Crippen molar-refractivity contribution in [1.82, 2.24) is 0 Å². The van der Waals surface area contributed by atoms with Crippen LogP contribution in [0.5, 0.6) is 0 Å². The van der Waals surface area contributed by atoms with E-state index in [1.54, 1.807) is 0 Å². The van der Waals surface area contributed by atoms with Crippen LogP contribution >= 0.6 is 28.3 Å². The number of nitrogens with two attached hydrogens (primary N) is 1. The lowest BCUT2D eigenvalue weighted by atomic mass is 9.77. The van der Waals surface area contributed by atoms with Crippen LogP contribution in [-0.4, -0.2) is 0 Å². The fraction of sp³-hybridized carbons (Fsp3) is 0.455. The molecule has 5 heteroatoms. The van der Waals surface area contributed by atoms with Crippen LogP contribution in [0.4, 0.5) is 8.78 Å². The van der Waals surface area contributed by atoms with Crippen LogP contribution in [-0.2, 0) is 0 Å². The first-order valence-corrected chi connectivity index (χ1v) is 5.79. The fourth-order valence-corrected chi connectivity index (χ4v) is 2.31. The van der Waals surface area contributed by atoms with Crippen LogP contribution in [0.15, 0.2) is 16.6 Å². The largest absolute Gasteiger partial charge is 0.324 e. The fourth-order valence-electron chi connectivity index (χ4n) is 1.91. The smallest absolute Gasteiger partial charge is 0.132 e. The van der Waals surface area contributed by atoms with Gasteiger partial charge in [0.1, 0.15) is 11.6 Å². The molecule has 1 fully saturated rings. The second-order valence-corrected chi connectivity index (χ2v) is 4.92. The molecule has 0 radical (unpaired) electrons. The van der Waals surface area contributed by atoms with Crippen LogP contribution in [0.2, 0.25) is 0 Å². The molecule has 1 nitrogen and oxygen atoms in total. The number of halogens is 4. The summed E-state index contributed by atoms with van der Waals surface area (Å²) in [6, 6.07) is 2.01. The molecule has 0 aromatic heterocycles. The monoisotopic (exact) mass is 311 g/mol. The Labute approximate surface area is 108 Å². The minimum Gasteiger partial charge on any atom is -0.324 e. The van der Waals surface area contributed by atoms with Crippen LogP contribution in [0.3, 0.4) is 0 Å². The predicted molar refractivity (Wildman–Crippen MR) is 65.6 cm³/mol. The maximum absolute atomic E-state index is 13.5. The van der Waals surface area contributed by atoms with Gasteiger partial charge in [-0.3, -0.25) is 0 Å². The van der Waals surface area contributed by atoms with Gasteiger partial charge >= 0.3 is 0 Å². The van der Waals surface area contributed by atoms with E-state index in [0.717, 1.165) is 19.3 Å². The molecule has 0 amide bonds. The van der Waals surface area contributed by atoms with Gasteiger partial charge in [-0.1, -0.05) is 22.4 Å². The van der Waals surface area contributed by atoms with E-state index < -0.39 is 17.7 Å². The number of rotatable bonds is 2. The van der Waals surface area contributed by atoms with Gasteiger partial charge in [0.25, 0.3) is 0 Å². The molecule has 1 aliphatic carbocycles. The zero-order chi connectivity index (χ0) is 11.0. The lowest BCUT2D eigenvalue weighted by Crippen LogP contribution is -2.28. The van der Waals surface area contributed by atoms with Crippen molar-refractivity contribution in [2.45, 2.75) is 25.3 Å². The summed E-state index contributed by atoms with van der Waals surface area (Å²) in [6.07, 6.45) is 3.05. The summed E-state index contributed by atoms with van der Waals surface area (Å²) < 4.78 is 27.5. The molecule has 2 rings (SSSR count). The van der Waals surface area contributed by atoms with Gasteiger partial charge in [0.2, 0.25) is 0 Å². The van der Waals surface area contributed by atoms with Crippen LogP contribution in [0.1, 0.15) is 30.9 Å². The summed E-state index contributed by atoms with van der Waals surface area (Å²) in [6.45, 7) is 0. The topological polar surface area (TPSA) is 26.0 Å². The van der Waals surface area contributed by atoms with E-state index in [1.165, 1.54) is 12.1 Å². The van der Waals surface area contributed by atoms with Crippen LogP contribution < -0.4 is 5.73 Å². The van der Waals surface area contributed by atoms with Crippen LogP contribution in [0.25, 0.3) is 0 Å². The van der Waals surface area contributed by atoms with Crippen molar-refractivity contribution < 1.29 is 8.78 Å². The van der Waals surface area contributed by atoms with Gasteiger partial charge in [-0.25, -0.2) is 8.78 Å². The molecule has 1 saturated carbocycles. The molecule has 0 unspecified atom stereocenters. The molecular formula is C11H13BrClF2N. The third kappa shape index (κ3) is 2.55. The molecular weight excluding hydrogens is 299 g/mol. The standard InChI is InChI=1S/C11H12BrF2N.ClH/c12-7-4-8(13)10(9(14)5-7)11(15)6-2-1-3-6;/h4-6,11H,1-3,15H2;1H/t11-;/m0./s1. The van der Waals surface area contributed by atoms with Crippen molar-refractivity contribution in [2.75, 3.05) is 0 Å². The maximum atomic E-state index is 13.5. The molecule has 1 aromatic carbocycles. The summed E-state index contributed by atoms with van der Waals surface area (Å²) in [5, 5.41) is 0. The van der Waals surface area contributed by atoms with E-state index in [4.69, 9.17) is 5.73 Å². The van der Waals surface area contributed by atoms with E-state index in [2.05, 4.69) is 15.9 Å². The summed E-state index contributed by atoms with van der Waals surface area (Å²) in [7, 11) is 0. The first kappa shape index (κ1) is 13.9. The maximum Gasteiger partial charge on any atom is 0.132 e. The normalized spacial score (nSPS) is 17.5. The van der Waals surface area contributed by atoms with Gasteiger partial charge in [0.05, 0.1) is 0 Å². The molecule has 1 atom stereocenters. The van der Waals surface area contributed by atoms with Gasteiger partial charge in [-0.15, -0.1) is 12.4 Å². The van der Waals surface area contributed by atoms with Gasteiger partial charge in [-0.2, -0.15) is 0 Å². The van der Waals surface area contributed by atoms with Crippen LogP contribution in [0, 0.1) is 17.6 Å². The summed E-state index contributed by atoms with van der Waals surface area (Å²) >= 11 is 3.04. The molecule has 0 aliphatic heterocycles. The second-order valence-electron chi connectivity index (χ2n) is 4.00.